The molecule has 6 nitrogen and oxygen atoms in total. The Morgan fingerprint density at radius 2 is 2.00 bits per heavy atom. The summed E-state index contributed by atoms with van der Waals surface area (Å²) in [6.45, 7) is 0. The first-order chi connectivity index (χ1) is 9.63. The molecule has 0 fully saturated rings. The van der Waals surface area contributed by atoms with Crippen molar-refractivity contribution in [2.24, 2.45) is 5.84 Å². The van der Waals surface area contributed by atoms with Gasteiger partial charge >= 0.3 is 0 Å². The van der Waals surface area contributed by atoms with E-state index in [1.807, 2.05) is 6.07 Å². The minimum Gasteiger partial charge on any atom is -0.507 e. The van der Waals surface area contributed by atoms with Crippen LogP contribution in [0.5, 0.6) is 5.75 Å². The third-order valence-electron chi connectivity index (χ3n) is 2.72. The second kappa shape index (κ2) is 6.27. The van der Waals surface area contributed by atoms with Crippen molar-refractivity contribution in [3.8, 4) is 5.75 Å². The normalized spacial score (nSPS) is 10.2. The van der Waals surface area contributed by atoms with Crippen LogP contribution in [0.15, 0.2) is 47.4 Å². The van der Waals surface area contributed by atoms with Crippen LogP contribution in [0.25, 0.3) is 0 Å². The molecule has 0 radical (unpaired) electrons. The first-order valence-electron chi connectivity index (χ1n) is 5.77. The number of nitrogen functional groups attached to an aromatic ring is 1. The van der Waals surface area contributed by atoms with E-state index >= 15 is 0 Å². The molecule has 2 aromatic rings. The number of thioether (sulfide) groups is 1. The van der Waals surface area contributed by atoms with Crippen molar-refractivity contribution >= 4 is 23.1 Å². The van der Waals surface area contributed by atoms with Gasteiger partial charge in [-0.2, -0.15) is 0 Å². The Morgan fingerprint density at radius 1 is 1.25 bits per heavy atom. The first-order valence-corrected chi connectivity index (χ1v) is 6.75. The predicted molar refractivity (Wildman–Crippen MR) is 78.6 cm³/mol. The third kappa shape index (κ3) is 3.01. The first kappa shape index (κ1) is 14.2. The van der Waals surface area contributed by atoms with Crippen LogP contribution < -0.4 is 11.3 Å². The van der Waals surface area contributed by atoms with Crippen molar-refractivity contribution in [3.05, 3.63) is 58.1 Å². The molecule has 2 rings (SSSR count). The molecule has 0 saturated carbocycles. The van der Waals surface area contributed by atoms with E-state index in [1.54, 1.807) is 30.3 Å². The number of nitro benzene ring substituents is 1. The number of benzene rings is 2. The van der Waals surface area contributed by atoms with Gasteiger partial charge in [-0.15, -0.1) is 11.8 Å². The highest BCUT2D eigenvalue weighted by Crippen LogP contribution is 2.35. The summed E-state index contributed by atoms with van der Waals surface area (Å²) in [5.74, 6) is 6.02. The van der Waals surface area contributed by atoms with Gasteiger partial charge in [-0.3, -0.25) is 16.0 Å². The maximum Gasteiger partial charge on any atom is 0.293 e. The van der Waals surface area contributed by atoms with E-state index in [0.717, 1.165) is 0 Å². The van der Waals surface area contributed by atoms with Gasteiger partial charge in [0.1, 0.15) is 11.4 Å². The summed E-state index contributed by atoms with van der Waals surface area (Å²) in [5, 5.41) is 20.6. The Morgan fingerprint density at radius 3 is 2.65 bits per heavy atom. The number of phenolic OH excluding ortho intramolecular Hbond substituents is 1. The lowest BCUT2D eigenvalue weighted by Crippen LogP contribution is -2.11. The summed E-state index contributed by atoms with van der Waals surface area (Å²) in [5.41, 5.74) is 3.31. The molecule has 0 aromatic heterocycles. The molecule has 0 amide bonds. The van der Waals surface area contributed by atoms with Crippen molar-refractivity contribution in [2.75, 3.05) is 5.43 Å². The molecule has 2 aromatic carbocycles. The number of aromatic hydroxyl groups is 1. The minimum atomic E-state index is -0.483. The molecule has 20 heavy (non-hydrogen) atoms. The molecule has 4 N–H and O–H groups in total. The average Bonchev–Trinajstić information content (AvgIpc) is 2.45. The Kier molecular flexibility index (Phi) is 4.44. The summed E-state index contributed by atoms with van der Waals surface area (Å²) in [6, 6.07) is 11.7. The largest absolute Gasteiger partial charge is 0.507 e. The van der Waals surface area contributed by atoms with E-state index in [4.69, 9.17) is 5.84 Å². The Balaban J connectivity index is 2.24. The van der Waals surface area contributed by atoms with Gasteiger partial charge in [0.25, 0.3) is 5.69 Å². The van der Waals surface area contributed by atoms with Gasteiger partial charge in [0, 0.05) is 16.7 Å². The minimum absolute atomic E-state index is 0.0668. The molecule has 0 saturated heterocycles. The van der Waals surface area contributed by atoms with Crippen LogP contribution in [-0.4, -0.2) is 10.0 Å². The lowest BCUT2D eigenvalue weighted by atomic mass is 10.2. The number of nitrogens with one attached hydrogen (secondary N) is 1. The Bertz CT molecular complexity index is 634. The highest BCUT2D eigenvalue weighted by Gasteiger charge is 2.16. The number of nitrogens with zero attached hydrogens (tertiary/aromatic N) is 1. The zero-order valence-corrected chi connectivity index (χ0v) is 11.3. The van der Waals surface area contributed by atoms with Gasteiger partial charge in [0.2, 0.25) is 0 Å². The monoisotopic (exact) mass is 291 g/mol. The fourth-order valence-corrected chi connectivity index (χ4v) is 2.70. The number of nitro groups is 1. The molecule has 7 heteroatoms. The number of rotatable bonds is 5. The topological polar surface area (TPSA) is 101 Å². The van der Waals surface area contributed by atoms with Crippen LogP contribution in [0, 0.1) is 10.1 Å². The molecule has 0 aliphatic carbocycles. The highest BCUT2D eigenvalue weighted by molar-refractivity contribution is 7.98. The molecule has 0 aliphatic rings. The van der Waals surface area contributed by atoms with Gasteiger partial charge in [-0.25, -0.2) is 0 Å². The highest BCUT2D eigenvalue weighted by atomic mass is 32.2. The SMILES string of the molecule is NNc1c(CSc2ccccc2O)cccc1[N+](=O)[O-]. The number of hydrogen-bond acceptors (Lipinski definition) is 6. The molecular formula is C13H13N3O3S. The lowest BCUT2D eigenvalue weighted by Gasteiger charge is -2.09. The van der Waals surface area contributed by atoms with Gasteiger partial charge in [-0.1, -0.05) is 24.3 Å². The Labute approximate surface area is 119 Å². The van der Waals surface area contributed by atoms with E-state index in [2.05, 4.69) is 5.43 Å². The van der Waals surface area contributed by atoms with Crippen molar-refractivity contribution in [3.63, 3.8) is 0 Å². The predicted octanol–water partition coefficient (Wildman–Crippen LogP) is 2.88. The van der Waals surface area contributed by atoms with E-state index in [1.165, 1.54) is 17.8 Å². The molecule has 0 spiro atoms. The van der Waals surface area contributed by atoms with Crippen LogP contribution in [0.4, 0.5) is 11.4 Å². The van der Waals surface area contributed by atoms with Gasteiger partial charge in [-0.05, 0) is 17.7 Å². The maximum atomic E-state index is 10.9. The van der Waals surface area contributed by atoms with Gasteiger partial charge in [0.05, 0.1) is 4.92 Å². The summed E-state index contributed by atoms with van der Waals surface area (Å²) in [4.78, 5) is 11.2. The van der Waals surface area contributed by atoms with E-state index in [-0.39, 0.29) is 11.4 Å². The van der Waals surface area contributed by atoms with Crippen molar-refractivity contribution in [2.45, 2.75) is 10.6 Å². The molecule has 0 aliphatic heterocycles. The fraction of sp³-hybridized carbons (Fsp3) is 0.0769. The Hall–Kier alpha value is -2.25. The number of nitrogens with two attached hydrogens (primary N) is 1. The molecular weight excluding hydrogens is 278 g/mol. The van der Waals surface area contributed by atoms with Crippen LogP contribution in [0.1, 0.15) is 5.56 Å². The summed E-state index contributed by atoms with van der Waals surface area (Å²) in [6.07, 6.45) is 0. The smallest absolute Gasteiger partial charge is 0.293 e. The van der Waals surface area contributed by atoms with Crippen LogP contribution >= 0.6 is 11.8 Å². The van der Waals surface area contributed by atoms with E-state index in [0.29, 0.717) is 21.9 Å². The number of para-hydroxylation sites is 2. The van der Waals surface area contributed by atoms with Crippen molar-refractivity contribution in [1.29, 1.82) is 0 Å². The summed E-state index contributed by atoms with van der Waals surface area (Å²) in [7, 11) is 0. The van der Waals surface area contributed by atoms with Crippen LogP contribution in [0.3, 0.4) is 0 Å². The third-order valence-corrected chi connectivity index (χ3v) is 3.83. The zero-order chi connectivity index (χ0) is 14.5. The van der Waals surface area contributed by atoms with Gasteiger partial charge in [0.15, 0.2) is 0 Å². The molecule has 0 atom stereocenters. The second-order valence-electron chi connectivity index (χ2n) is 3.97. The van der Waals surface area contributed by atoms with Crippen molar-refractivity contribution < 1.29 is 10.0 Å². The lowest BCUT2D eigenvalue weighted by molar-refractivity contribution is -0.384. The standard InChI is InChI=1S/C13H13N3O3S/c14-15-13-9(4-3-5-10(13)16(18)19)8-20-12-7-2-1-6-11(12)17/h1-7,15,17H,8,14H2. The average molecular weight is 291 g/mol. The van der Waals surface area contributed by atoms with Crippen molar-refractivity contribution in [1.82, 2.24) is 0 Å². The van der Waals surface area contributed by atoms with E-state index in [9.17, 15) is 15.2 Å². The number of phenols is 1. The number of anilines is 1. The van der Waals surface area contributed by atoms with Gasteiger partial charge < -0.3 is 10.5 Å². The van der Waals surface area contributed by atoms with Crippen LogP contribution in [0.2, 0.25) is 0 Å². The maximum absolute atomic E-state index is 10.9. The number of hydrazine groups is 1. The zero-order valence-electron chi connectivity index (χ0n) is 10.4. The summed E-state index contributed by atoms with van der Waals surface area (Å²) >= 11 is 1.38. The second-order valence-corrected chi connectivity index (χ2v) is 4.99. The molecule has 0 bridgehead atoms. The van der Waals surface area contributed by atoms with E-state index < -0.39 is 4.92 Å². The molecule has 0 unspecified atom stereocenters. The molecule has 0 heterocycles. The fourth-order valence-electron chi connectivity index (χ4n) is 1.76. The number of hydrogen-bond donors (Lipinski definition) is 3. The van der Waals surface area contributed by atoms with Crippen LogP contribution in [-0.2, 0) is 5.75 Å². The summed E-state index contributed by atoms with van der Waals surface area (Å²) < 4.78 is 0. The quantitative estimate of drug-likeness (QED) is 0.339. The molecule has 104 valence electrons.